The van der Waals surface area contributed by atoms with Crippen LogP contribution in [0.2, 0.25) is 0 Å². The maximum absolute atomic E-state index is 6.29. The summed E-state index contributed by atoms with van der Waals surface area (Å²) in [6, 6.07) is 4.92. The molecule has 86 valence electrons. The SMILES string of the molecule is NC1CC2CC(N)C(c3ccncc3)C2C1. The van der Waals surface area contributed by atoms with E-state index in [0.717, 1.165) is 18.8 Å². The summed E-state index contributed by atoms with van der Waals surface area (Å²) in [6.07, 6.45) is 7.19. The van der Waals surface area contributed by atoms with E-state index in [9.17, 15) is 0 Å². The molecule has 2 saturated carbocycles. The van der Waals surface area contributed by atoms with E-state index in [-0.39, 0.29) is 0 Å². The van der Waals surface area contributed by atoms with Gasteiger partial charge < -0.3 is 11.5 Å². The monoisotopic (exact) mass is 217 g/mol. The fourth-order valence-electron chi connectivity index (χ4n) is 3.81. The molecular formula is C13H19N3. The Kier molecular flexibility index (Phi) is 2.45. The summed E-state index contributed by atoms with van der Waals surface area (Å²) in [5, 5.41) is 0. The summed E-state index contributed by atoms with van der Waals surface area (Å²) in [4.78, 5) is 4.08. The second-order valence-electron chi connectivity index (χ2n) is 5.36. The molecule has 3 rings (SSSR count). The predicted molar refractivity (Wildman–Crippen MR) is 63.8 cm³/mol. The van der Waals surface area contributed by atoms with Crippen molar-refractivity contribution in [3.63, 3.8) is 0 Å². The van der Waals surface area contributed by atoms with Gasteiger partial charge in [-0.25, -0.2) is 0 Å². The third kappa shape index (κ3) is 1.55. The van der Waals surface area contributed by atoms with Gasteiger partial charge in [0, 0.05) is 30.4 Å². The Hall–Kier alpha value is -0.930. The lowest BCUT2D eigenvalue weighted by molar-refractivity contribution is 0.416. The second kappa shape index (κ2) is 3.82. The van der Waals surface area contributed by atoms with Crippen LogP contribution in [0.3, 0.4) is 0 Å². The van der Waals surface area contributed by atoms with E-state index in [4.69, 9.17) is 11.5 Å². The highest BCUT2D eigenvalue weighted by Gasteiger charge is 2.46. The van der Waals surface area contributed by atoms with Crippen LogP contribution in [0.15, 0.2) is 24.5 Å². The van der Waals surface area contributed by atoms with Gasteiger partial charge in [-0.15, -0.1) is 0 Å². The third-order valence-electron chi connectivity index (χ3n) is 4.37. The number of nitrogens with zero attached hydrogens (tertiary/aromatic N) is 1. The van der Waals surface area contributed by atoms with E-state index >= 15 is 0 Å². The van der Waals surface area contributed by atoms with Gasteiger partial charge in [0.25, 0.3) is 0 Å². The van der Waals surface area contributed by atoms with Crippen LogP contribution in [-0.4, -0.2) is 17.1 Å². The zero-order valence-electron chi connectivity index (χ0n) is 9.42. The molecule has 4 N–H and O–H groups in total. The number of hydrogen-bond acceptors (Lipinski definition) is 3. The molecule has 0 bridgehead atoms. The van der Waals surface area contributed by atoms with Gasteiger partial charge in [0.15, 0.2) is 0 Å². The van der Waals surface area contributed by atoms with Gasteiger partial charge in [-0.05, 0) is 48.8 Å². The van der Waals surface area contributed by atoms with Crippen LogP contribution in [-0.2, 0) is 0 Å². The largest absolute Gasteiger partial charge is 0.328 e. The average molecular weight is 217 g/mol. The minimum absolute atomic E-state index is 0.310. The van der Waals surface area contributed by atoms with Crippen molar-refractivity contribution in [2.24, 2.45) is 23.3 Å². The lowest BCUT2D eigenvalue weighted by atomic mass is 9.85. The highest BCUT2D eigenvalue weighted by molar-refractivity contribution is 5.23. The molecule has 1 aromatic rings. The quantitative estimate of drug-likeness (QED) is 0.744. The first-order valence-corrected chi connectivity index (χ1v) is 6.17. The van der Waals surface area contributed by atoms with Gasteiger partial charge in [0.1, 0.15) is 0 Å². The van der Waals surface area contributed by atoms with E-state index in [1.165, 1.54) is 12.0 Å². The molecule has 2 aliphatic carbocycles. The first-order chi connectivity index (χ1) is 7.75. The van der Waals surface area contributed by atoms with Crippen molar-refractivity contribution >= 4 is 0 Å². The van der Waals surface area contributed by atoms with Gasteiger partial charge in [0.2, 0.25) is 0 Å². The molecule has 2 fully saturated rings. The predicted octanol–water partition coefficient (Wildman–Crippen LogP) is 1.25. The normalized spacial score (nSPS) is 42.2. The van der Waals surface area contributed by atoms with Gasteiger partial charge in [0.05, 0.1) is 0 Å². The van der Waals surface area contributed by atoms with Crippen LogP contribution < -0.4 is 11.5 Å². The van der Waals surface area contributed by atoms with E-state index in [2.05, 4.69) is 17.1 Å². The molecule has 0 radical (unpaired) electrons. The number of rotatable bonds is 1. The Morgan fingerprint density at radius 3 is 2.56 bits per heavy atom. The molecule has 0 aliphatic heterocycles. The highest BCUT2D eigenvalue weighted by Crippen LogP contribution is 2.50. The van der Waals surface area contributed by atoms with Crippen molar-refractivity contribution in [3.8, 4) is 0 Å². The van der Waals surface area contributed by atoms with E-state index < -0.39 is 0 Å². The summed E-state index contributed by atoms with van der Waals surface area (Å²) in [5.41, 5.74) is 13.7. The number of pyridine rings is 1. The van der Waals surface area contributed by atoms with Crippen molar-refractivity contribution in [3.05, 3.63) is 30.1 Å². The Labute approximate surface area is 96.2 Å². The van der Waals surface area contributed by atoms with Gasteiger partial charge >= 0.3 is 0 Å². The lowest BCUT2D eigenvalue weighted by Gasteiger charge is -2.22. The van der Waals surface area contributed by atoms with Crippen molar-refractivity contribution < 1.29 is 0 Å². The average Bonchev–Trinajstić information content (AvgIpc) is 2.74. The molecular weight excluding hydrogens is 198 g/mol. The molecule has 0 amide bonds. The summed E-state index contributed by atoms with van der Waals surface area (Å²) < 4.78 is 0. The minimum atomic E-state index is 0.310. The van der Waals surface area contributed by atoms with Gasteiger partial charge in [-0.2, -0.15) is 0 Å². The zero-order chi connectivity index (χ0) is 11.1. The first kappa shape index (κ1) is 10.2. The van der Waals surface area contributed by atoms with E-state index in [0.29, 0.717) is 23.9 Å². The summed E-state index contributed by atoms with van der Waals surface area (Å²) in [6.45, 7) is 0. The maximum Gasteiger partial charge on any atom is 0.0270 e. The number of hydrogen-bond donors (Lipinski definition) is 2. The standard InChI is InChI=1S/C13H19N3/c14-10-5-9-6-12(15)13(11(9)7-10)8-1-3-16-4-2-8/h1-4,9-13H,5-7,14-15H2. The third-order valence-corrected chi connectivity index (χ3v) is 4.37. The molecule has 5 atom stereocenters. The van der Waals surface area contributed by atoms with Crippen LogP contribution in [0.4, 0.5) is 0 Å². The molecule has 16 heavy (non-hydrogen) atoms. The summed E-state index contributed by atoms with van der Waals surface area (Å²) in [5.74, 6) is 1.96. The van der Waals surface area contributed by atoms with Crippen molar-refractivity contribution in [2.75, 3.05) is 0 Å². The fraction of sp³-hybridized carbons (Fsp3) is 0.615. The molecule has 0 aromatic carbocycles. The Morgan fingerprint density at radius 1 is 1.06 bits per heavy atom. The van der Waals surface area contributed by atoms with Gasteiger partial charge in [-0.3, -0.25) is 4.98 Å². The van der Waals surface area contributed by atoms with Crippen LogP contribution in [0.1, 0.15) is 30.7 Å². The zero-order valence-corrected chi connectivity index (χ0v) is 9.42. The van der Waals surface area contributed by atoms with Crippen molar-refractivity contribution in [1.82, 2.24) is 4.98 Å². The molecule has 1 heterocycles. The van der Waals surface area contributed by atoms with Crippen LogP contribution in [0.5, 0.6) is 0 Å². The Balaban J connectivity index is 1.89. The topological polar surface area (TPSA) is 64.9 Å². The van der Waals surface area contributed by atoms with Crippen LogP contribution in [0, 0.1) is 11.8 Å². The molecule has 1 aromatic heterocycles. The van der Waals surface area contributed by atoms with E-state index in [1.807, 2.05) is 12.4 Å². The molecule has 5 unspecified atom stereocenters. The summed E-state index contributed by atoms with van der Waals surface area (Å²) >= 11 is 0. The number of nitrogens with two attached hydrogens (primary N) is 2. The second-order valence-corrected chi connectivity index (χ2v) is 5.36. The molecule has 3 heteroatoms. The minimum Gasteiger partial charge on any atom is -0.328 e. The van der Waals surface area contributed by atoms with Crippen LogP contribution in [0.25, 0.3) is 0 Å². The van der Waals surface area contributed by atoms with Gasteiger partial charge in [-0.1, -0.05) is 0 Å². The number of fused-ring (bicyclic) bond motifs is 1. The molecule has 0 saturated heterocycles. The van der Waals surface area contributed by atoms with Crippen LogP contribution >= 0.6 is 0 Å². The molecule has 2 aliphatic rings. The van der Waals surface area contributed by atoms with E-state index in [1.54, 1.807) is 0 Å². The number of aromatic nitrogens is 1. The molecule has 3 nitrogen and oxygen atoms in total. The van der Waals surface area contributed by atoms with Crippen molar-refractivity contribution in [2.45, 2.75) is 37.3 Å². The Bertz CT molecular complexity index is 365. The smallest absolute Gasteiger partial charge is 0.0270 e. The first-order valence-electron chi connectivity index (χ1n) is 6.17. The molecule has 0 spiro atoms. The fourth-order valence-corrected chi connectivity index (χ4v) is 3.81. The summed E-state index contributed by atoms with van der Waals surface area (Å²) in [7, 11) is 0. The Morgan fingerprint density at radius 2 is 1.81 bits per heavy atom. The highest BCUT2D eigenvalue weighted by atomic mass is 14.8. The van der Waals surface area contributed by atoms with Crippen molar-refractivity contribution in [1.29, 1.82) is 0 Å². The lowest BCUT2D eigenvalue weighted by Crippen LogP contribution is -2.28. The maximum atomic E-state index is 6.29.